The van der Waals surface area contributed by atoms with E-state index in [4.69, 9.17) is 4.74 Å². The standard InChI is InChI=1S/C14H17F2NO.CH3I/c15-14(16)6-10(7-14)9-18-13-2-1-12-8-17-4-3-11(12)5-13;1-2/h1-2,5,10,17H,3-4,6-9H2;1H3. The van der Waals surface area contributed by atoms with Crippen molar-refractivity contribution in [3.63, 3.8) is 0 Å². The van der Waals surface area contributed by atoms with Gasteiger partial charge in [0.25, 0.3) is 0 Å². The highest BCUT2D eigenvalue weighted by atomic mass is 127. The molecule has 3 rings (SSSR count). The van der Waals surface area contributed by atoms with Crippen molar-refractivity contribution >= 4 is 22.6 Å². The fourth-order valence-corrected chi connectivity index (χ4v) is 2.66. The Hall–Kier alpha value is -0.430. The van der Waals surface area contributed by atoms with E-state index < -0.39 is 5.92 Å². The minimum atomic E-state index is -2.45. The number of ether oxygens (including phenoxy) is 1. The highest BCUT2D eigenvalue weighted by Crippen LogP contribution is 2.42. The average molecular weight is 395 g/mol. The predicted octanol–water partition coefficient (Wildman–Crippen LogP) is 3.81. The normalized spacial score (nSPS) is 20.2. The molecule has 0 atom stereocenters. The molecule has 112 valence electrons. The quantitative estimate of drug-likeness (QED) is 0.621. The van der Waals surface area contributed by atoms with Gasteiger partial charge in [0.2, 0.25) is 5.92 Å². The van der Waals surface area contributed by atoms with E-state index in [0.29, 0.717) is 6.61 Å². The van der Waals surface area contributed by atoms with Gasteiger partial charge >= 0.3 is 0 Å². The molecule has 0 saturated heterocycles. The number of hydrogen-bond acceptors (Lipinski definition) is 2. The number of alkyl halides is 3. The Bertz CT molecular complexity index is 445. The molecule has 20 heavy (non-hydrogen) atoms. The maximum absolute atomic E-state index is 12.7. The van der Waals surface area contributed by atoms with Gasteiger partial charge in [-0.3, -0.25) is 0 Å². The lowest BCUT2D eigenvalue weighted by atomic mass is 9.82. The highest BCUT2D eigenvalue weighted by molar-refractivity contribution is 14.1. The van der Waals surface area contributed by atoms with Gasteiger partial charge in [0.15, 0.2) is 0 Å². The molecule has 0 aromatic heterocycles. The largest absolute Gasteiger partial charge is 0.493 e. The summed E-state index contributed by atoms with van der Waals surface area (Å²) in [6.07, 6.45) is 0.956. The average Bonchev–Trinajstić information content (AvgIpc) is 2.45. The molecule has 0 unspecified atom stereocenters. The molecule has 5 heteroatoms. The number of benzene rings is 1. The second kappa shape index (κ2) is 7.02. The summed E-state index contributed by atoms with van der Waals surface area (Å²) in [5, 5.41) is 3.31. The zero-order valence-electron chi connectivity index (χ0n) is 11.6. The lowest BCUT2D eigenvalue weighted by molar-refractivity contribution is -0.119. The Morgan fingerprint density at radius 1 is 1.30 bits per heavy atom. The topological polar surface area (TPSA) is 21.3 Å². The van der Waals surface area contributed by atoms with Crippen LogP contribution in [0.3, 0.4) is 0 Å². The van der Waals surface area contributed by atoms with Gasteiger partial charge in [-0.05, 0) is 41.2 Å². The van der Waals surface area contributed by atoms with Gasteiger partial charge in [0, 0.05) is 25.3 Å². The Morgan fingerprint density at radius 2 is 2.05 bits per heavy atom. The first-order chi connectivity index (χ1) is 9.62. The molecule has 1 aromatic rings. The molecular formula is C15H20F2INO. The molecule has 1 saturated carbocycles. The molecule has 0 bridgehead atoms. The molecular weight excluding hydrogens is 375 g/mol. The summed E-state index contributed by atoms with van der Waals surface area (Å²) in [6.45, 7) is 2.31. The lowest BCUT2D eigenvalue weighted by Crippen LogP contribution is -2.38. The van der Waals surface area contributed by atoms with Crippen LogP contribution in [0.4, 0.5) is 8.78 Å². The highest BCUT2D eigenvalue weighted by Gasteiger charge is 2.45. The number of halogens is 3. The number of hydrogen-bond donors (Lipinski definition) is 1. The van der Waals surface area contributed by atoms with Gasteiger partial charge in [-0.2, -0.15) is 0 Å². The molecule has 1 N–H and O–H groups in total. The van der Waals surface area contributed by atoms with Crippen molar-refractivity contribution < 1.29 is 13.5 Å². The van der Waals surface area contributed by atoms with Crippen LogP contribution in [0.5, 0.6) is 5.75 Å². The van der Waals surface area contributed by atoms with Crippen LogP contribution in [0.15, 0.2) is 18.2 Å². The minimum Gasteiger partial charge on any atom is -0.493 e. The van der Waals surface area contributed by atoms with Gasteiger partial charge in [0.1, 0.15) is 5.75 Å². The van der Waals surface area contributed by atoms with E-state index in [-0.39, 0.29) is 18.8 Å². The summed E-state index contributed by atoms with van der Waals surface area (Å²) in [6, 6.07) is 6.04. The maximum atomic E-state index is 12.7. The second-order valence-corrected chi connectivity index (χ2v) is 5.30. The van der Waals surface area contributed by atoms with Crippen molar-refractivity contribution in [3.05, 3.63) is 29.3 Å². The van der Waals surface area contributed by atoms with Gasteiger partial charge in [-0.25, -0.2) is 8.78 Å². The molecule has 2 nitrogen and oxygen atoms in total. The molecule has 1 heterocycles. The first-order valence-electron chi connectivity index (χ1n) is 6.83. The molecule has 0 spiro atoms. The number of fused-ring (bicyclic) bond motifs is 1. The summed E-state index contributed by atoms with van der Waals surface area (Å²) in [5.74, 6) is -1.63. The number of rotatable bonds is 3. The smallest absolute Gasteiger partial charge is 0.248 e. The Balaban J connectivity index is 0.000000704. The van der Waals surface area contributed by atoms with Crippen LogP contribution < -0.4 is 10.1 Å². The maximum Gasteiger partial charge on any atom is 0.248 e. The molecule has 1 aromatic carbocycles. The van der Waals surface area contributed by atoms with Crippen molar-refractivity contribution in [2.45, 2.75) is 31.7 Å². The van der Waals surface area contributed by atoms with Crippen molar-refractivity contribution in [1.29, 1.82) is 0 Å². The van der Waals surface area contributed by atoms with Crippen molar-refractivity contribution in [2.24, 2.45) is 5.92 Å². The zero-order valence-corrected chi connectivity index (χ0v) is 13.8. The summed E-state index contributed by atoms with van der Waals surface area (Å²) < 4.78 is 31.0. The molecule has 2 aliphatic rings. The Labute approximate surface area is 132 Å². The molecule has 0 amide bonds. The third-order valence-electron chi connectivity index (χ3n) is 3.72. The lowest BCUT2D eigenvalue weighted by Gasteiger charge is -2.34. The van der Waals surface area contributed by atoms with Gasteiger partial charge in [0.05, 0.1) is 6.61 Å². The van der Waals surface area contributed by atoms with Crippen molar-refractivity contribution in [1.82, 2.24) is 5.32 Å². The third-order valence-corrected chi connectivity index (χ3v) is 3.72. The van der Waals surface area contributed by atoms with Gasteiger partial charge in [-0.15, -0.1) is 0 Å². The molecule has 1 aliphatic carbocycles. The number of nitrogens with one attached hydrogen (secondary N) is 1. The first-order valence-corrected chi connectivity index (χ1v) is 8.99. The van der Waals surface area contributed by atoms with Crippen LogP contribution >= 0.6 is 22.6 Å². The van der Waals surface area contributed by atoms with Crippen LogP contribution in [0.25, 0.3) is 0 Å². The van der Waals surface area contributed by atoms with Gasteiger partial charge < -0.3 is 10.1 Å². The Kier molecular flexibility index (Phi) is 5.60. The van der Waals surface area contributed by atoms with Crippen LogP contribution in [-0.4, -0.2) is 24.0 Å². The van der Waals surface area contributed by atoms with E-state index in [9.17, 15) is 8.78 Å². The van der Waals surface area contributed by atoms with Crippen molar-refractivity contribution in [2.75, 3.05) is 18.1 Å². The zero-order chi connectivity index (χ0) is 14.6. The fraction of sp³-hybridized carbons (Fsp3) is 0.600. The van der Waals surface area contributed by atoms with E-state index in [1.165, 1.54) is 11.1 Å². The van der Waals surface area contributed by atoms with E-state index in [2.05, 4.69) is 34.0 Å². The van der Waals surface area contributed by atoms with Gasteiger partial charge in [-0.1, -0.05) is 28.7 Å². The van der Waals surface area contributed by atoms with E-state index in [1.54, 1.807) is 0 Å². The molecule has 1 fully saturated rings. The first kappa shape index (κ1) is 15.9. The fourth-order valence-electron chi connectivity index (χ4n) is 2.66. The third kappa shape index (κ3) is 4.04. The van der Waals surface area contributed by atoms with Crippen LogP contribution in [0.1, 0.15) is 24.0 Å². The summed E-state index contributed by atoms with van der Waals surface area (Å²) >= 11 is 2.15. The summed E-state index contributed by atoms with van der Waals surface area (Å²) in [4.78, 5) is 1.97. The van der Waals surface area contributed by atoms with E-state index in [0.717, 1.165) is 25.3 Å². The Morgan fingerprint density at radius 3 is 2.75 bits per heavy atom. The SMILES string of the molecule is CI.FC1(F)CC(COc2ccc3c(c2)CCNC3)C1. The molecule has 1 aliphatic heterocycles. The predicted molar refractivity (Wildman–Crippen MR) is 85.0 cm³/mol. The summed E-state index contributed by atoms with van der Waals surface area (Å²) in [7, 11) is 0. The van der Waals surface area contributed by atoms with Crippen LogP contribution in [0, 0.1) is 5.92 Å². The molecule has 0 radical (unpaired) electrons. The van der Waals surface area contributed by atoms with Crippen LogP contribution in [-0.2, 0) is 13.0 Å². The van der Waals surface area contributed by atoms with E-state index >= 15 is 0 Å². The monoisotopic (exact) mass is 395 g/mol. The van der Waals surface area contributed by atoms with Crippen LogP contribution in [0.2, 0.25) is 0 Å². The summed E-state index contributed by atoms with van der Waals surface area (Å²) in [5.41, 5.74) is 2.62. The van der Waals surface area contributed by atoms with E-state index in [1.807, 2.05) is 17.1 Å². The minimum absolute atomic E-state index is 0.0118. The van der Waals surface area contributed by atoms with Crippen molar-refractivity contribution in [3.8, 4) is 5.75 Å². The second-order valence-electron chi connectivity index (χ2n) is 5.30.